The summed E-state index contributed by atoms with van der Waals surface area (Å²) in [6.07, 6.45) is 3.55. The molecule has 2 aromatic rings. The molecule has 1 aromatic heterocycles. The Morgan fingerprint density at radius 2 is 2.10 bits per heavy atom. The first-order valence-corrected chi connectivity index (χ1v) is 9.59. The third kappa shape index (κ3) is 3.28. The summed E-state index contributed by atoms with van der Waals surface area (Å²) in [6.45, 7) is 1.03. The van der Waals surface area contributed by atoms with Gasteiger partial charge in [0.1, 0.15) is 22.9 Å². The lowest BCUT2D eigenvalue weighted by Gasteiger charge is -2.42. The van der Waals surface area contributed by atoms with Gasteiger partial charge in [0.2, 0.25) is 5.43 Å². The Kier molecular flexibility index (Phi) is 4.93. The lowest BCUT2D eigenvalue weighted by Crippen LogP contribution is -2.48. The van der Waals surface area contributed by atoms with E-state index in [-0.39, 0.29) is 28.9 Å². The van der Waals surface area contributed by atoms with Crippen molar-refractivity contribution >= 4 is 12.2 Å². The number of fused-ring (bicyclic) bond motifs is 1. The molecule has 3 fully saturated rings. The fourth-order valence-corrected chi connectivity index (χ4v) is 4.62. The molecule has 9 heteroatoms. The van der Waals surface area contributed by atoms with E-state index in [2.05, 4.69) is 10.2 Å². The number of hydrogen-bond donors (Lipinski definition) is 2. The molecule has 2 saturated heterocycles. The van der Waals surface area contributed by atoms with E-state index >= 15 is 0 Å². The van der Waals surface area contributed by atoms with E-state index < -0.39 is 28.7 Å². The van der Waals surface area contributed by atoms with Crippen LogP contribution in [0.2, 0.25) is 0 Å². The second-order valence-electron chi connectivity index (χ2n) is 8.15. The first-order chi connectivity index (χ1) is 14.2. The Labute approximate surface area is 170 Å². The Hall–Kier alpha value is -3.07. The molecule has 1 aromatic carbocycles. The normalized spacial score (nSPS) is 22.6. The molecule has 0 atom stereocenters. The smallest absolute Gasteiger partial charge is 0.257 e. The number of carbonyl (C=O) groups is 2. The number of rotatable bonds is 6. The Morgan fingerprint density at radius 1 is 1.37 bits per heavy atom. The van der Waals surface area contributed by atoms with E-state index in [0.717, 1.165) is 25.5 Å². The third-order valence-electron chi connectivity index (χ3n) is 6.25. The first-order valence-electron chi connectivity index (χ1n) is 9.59. The molecule has 5 rings (SSSR count). The van der Waals surface area contributed by atoms with Crippen molar-refractivity contribution < 1.29 is 23.5 Å². The number of pyridine rings is 1. The number of hydrogen-bond acceptors (Lipinski definition) is 5. The lowest BCUT2D eigenvalue weighted by atomic mass is 9.73. The molecule has 3 aliphatic rings. The number of likely N-dealkylation sites (N-methyl/N-ethyl adjacent to an activating group) is 1. The molecular weight excluding hydrogens is 396 g/mol. The van der Waals surface area contributed by atoms with E-state index in [9.17, 15) is 28.3 Å². The maximum atomic E-state index is 13.8. The molecule has 3 heterocycles. The number of amides is 1. The molecule has 158 valence electrons. The summed E-state index contributed by atoms with van der Waals surface area (Å²) in [7, 11) is 1.99. The van der Waals surface area contributed by atoms with Crippen molar-refractivity contribution in [2.75, 3.05) is 13.6 Å². The van der Waals surface area contributed by atoms with Crippen molar-refractivity contribution in [1.29, 1.82) is 0 Å². The second kappa shape index (κ2) is 7.32. The summed E-state index contributed by atoms with van der Waals surface area (Å²) < 4.78 is 28.2. The molecule has 2 bridgehead atoms. The predicted octanol–water partition coefficient (Wildman–Crippen LogP) is 1.67. The van der Waals surface area contributed by atoms with Gasteiger partial charge in [0.15, 0.2) is 12.0 Å². The van der Waals surface area contributed by atoms with Crippen molar-refractivity contribution in [3.05, 3.63) is 63.1 Å². The number of nitrogens with zero attached hydrogens (tertiary/aromatic N) is 2. The molecule has 0 spiro atoms. The minimum Gasteiger partial charge on any atom is -0.503 e. The van der Waals surface area contributed by atoms with Crippen LogP contribution in [0.3, 0.4) is 0 Å². The topological polar surface area (TPSA) is 91.6 Å². The van der Waals surface area contributed by atoms with E-state index in [4.69, 9.17) is 0 Å². The highest BCUT2D eigenvalue weighted by atomic mass is 19.1. The van der Waals surface area contributed by atoms with Crippen molar-refractivity contribution in [3.63, 3.8) is 0 Å². The summed E-state index contributed by atoms with van der Waals surface area (Å²) >= 11 is 0. The second-order valence-corrected chi connectivity index (χ2v) is 8.15. The average molecular weight is 417 g/mol. The van der Waals surface area contributed by atoms with Crippen molar-refractivity contribution in [3.8, 4) is 5.75 Å². The van der Waals surface area contributed by atoms with Crippen LogP contribution in [0.15, 0.2) is 29.2 Å². The Bertz CT molecular complexity index is 1090. The molecule has 1 saturated carbocycles. The lowest BCUT2D eigenvalue weighted by molar-refractivity contribution is 0.0935. The van der Waals surface area contributed by atoms with Crippen molar-refractivity contribution in [2.45, 2.75) is 31.5 Å². The van der Waals surface area contributed by atoms with Gasteiger partial charge in [-0.2, -0.15) is 0 Å². The first kappa shape index (κ1) is 20.2. The number of aromatic nitrogens is 1. The maximum Gasteiger partial charge on any atom is 0.257 e. The molecule has 2 N–H and O–H groups in total. The quantitative estimate of drug-likeness (QED) is 0.698. The van der Waals surface area contributed by atoms with Crippen LogP contribution in [-0.4, -0.2) is 45.9 Å². The number of nitrogens with one attached hydrogen (secondary N) is 1. The summed E-state index contributed by atoms with van der Waals surface area (Å²) in [5.74, 6) is -2.59. The summed E-state index contributed by atoms with van der Waals surface area (Å²) in [5.41, 5.74) is -1.64. The van der Waals surface area contributed by atoms with Gasteiger partial charge in [0.05, 0.1) is 0 Å². The molecule has 0 radical (unpaired) electrons. The highest BCUT2D eigenvalue weighted by molar-refractivity contribution is 5.95. The number of halogens is 2. The highest BCUT2D eigenvalue weighted by Crippen LogP contribution is 2.50. The summed E-state index contributed by atoms with van der Waals surface area (Å²) in [6, 6.07) is 2.95. The average Bonchev–Trinajstić information content (AvgIpc) is 3.15. The van der Waals surface area contributed by atoms with Crippen LogP contribution in [0.25, 0.3) is 0 Å². The van der Waals surface area contributed by atoms with Crippen LogP contribution < -0.4 is 10.7 Å². The number of benzene rings is 1. The Balaban J connectivity index is 1.61. The van der Waals surface area contributed by atoms with Crippen molar-refractivity contribution in [2.24, 2.45) is 5.92 Å². The number of aldehydes is 1. The van der Waals surface area contributed by atoms with Crippen LogP contribution >= 0.6 is 0 Å². The van der Waals surface area contributed by atoms with Crippen LogP contribution in [0, 0.1) is 17.6 Å². The predicted molar refractivity (Wildman–Crippen MR) is 103 cm³/mol. The van der Waals surface area contributed by atoms with Crippen LogP contribution in [0.4, 0.5) is 8.78 Å². The van der Waals surface area contributed by atoms with Gasteiger partial charge >= 0.3 is 0 Å². The monoisotopic (exact) mass is 417 g/mol. The SMILES string of the molecule is CN1CC2CC1(Cn1cc(C(=O)NCc3ccc(F)cc3F)c(=O)c(O)c1C=O)C2. The van der Waals surface area contributed by atoms with Gasteiger partial charge in [0.25, 0.3) is 5.91 Å². The van der Waals surface area contributed by atoms with Gasteiger partial charge in [-0.15, -0.1) is 0 Å². The molecule has 0 unspecified atom stereocenters. The van der Waals surface area contributed by atoms with Crippen LogP contribution in [-0.2, 0) is 13.1 Å². The van der Waals surface area contributed by atoms with Gasteiger partial charge in [0, 0.05) is 43.0 Å². The summed E-state index contributed by atoms with van der Waals surface area (Å²) in [4.78, 5) is 38.7. The van der Waals surface area contributed by atoms with Gasteiger partial charge in [-0.3, -0.25) is 19.3 Å². The minimum atomic E-state index is -0.978. The zero-order valence-electron chi connectivity index (χ0n) is 16.3. The van der Waals surface area contributed by atoms with E-state index in [0.29, 0.717) is 24.8 Å². The zero-order valence-corrected chi connectivity index (χ0v) is 16.3. The minimum absolute atomic E-state index is 0.0470. The van der Waals surface area contributed by atoms with E-state index in [1.54, 1.807) is 0 Å². The third-order valence-corrected chi connectivity index (χ3v) is 6.25. The highest BCUT2D eigenvalue weighted by Gasteiger charge is 2.54. The van der Waals surface area contributed by atoms with Gasteiger partial charge in [-0.1, -0.05) is 6.07 Å². The van der Waals surface area contributed by atoms with Gasteiger partial charge in [-0.25, -0.2) is 8.78 Å². The molecule has 1 aliphatic carbocycles. The largest absolute Gasteiger partial charge is 0.503 e. The van der Waals surface area contributed by atoms with Crippen LogP contribution in [0.5, 0.6) is 5.75 Å². The molecule has 30 heavy (non-hydrogen) atoms. The number of aromatic hydroxyl groups is 1. The van der Waals surface area contributed by atoms with Crippen molar-refractivity contribution in [1.82, 2.24) is 14.8 Å². The number of carbonyl (C=O) groups excluding carboxylic acids is 2. The molecular formula is C21H21F2N3O4. The maximum absolute atomic E-state index is 13.8. The van der Waals surface area contributed by atoms with Gasteiger partial charge < -0.3 is 15.0 Å². The van der Waals surface area contributed by atoms with E-state index in [1.807, 2.05) is 7.05 Å². The standard InChI is InChI=1S/C21H21F2N3O4/c1-25-8-12-5-21(25,6-12)11-26-9-15(18(28)19(29)17(26)10-27)20(30)24-7-13-2-3-14(22)4-16(13)23/h2-4,9-10,12,29H,5-8,11H2,1H3,(H,24,30). The van der Waals surface area contributed by atoms with E-state index in [1.165, 1.54) is 16.8 Å². The Morgan fingerprint density at radius 3 is 2.70 bits per heavy atom. The van der Waals surface area contributed by atoms with Gasteiger partial charge in [-0.05, 0) is 31.9 Å². The zero-order chi connectivity index (χ0) is 21.6. The molecule has 2 aliphatic heterocycles. The summed E-state index contributed by atoms with van der Waals surface area (Å²) in [5, 5.41) is 12.7. The van der Waals surface area contributed by atoms with Crippen LogP contribution in [0.1, 0.15) is 39.3 Å². The fourth-order valence-electron chi connectivity index (χ4n) is 4.62. The molecule has 1 amide bonds. The fraction of sp³-hybridized carbons (Fsp3) is 0.381. The molecule has 7 nitrogen and oxygen atoms in total.